The Labute approximate surface area is 531 Å². The highest BCUT2D eigenvalue weighted by atomic mass is 16.6. The lowest BCUT2D eigenvalue weighted by atomic mass is 10.0. The quantitative estimate of drug-likeness (QED) is 0.0705. The highest BCUT2D eigenvalue weighted by Gasteiger charge is 2.19. The number of ether oxygens (including phenoxy) is 1. The molecule has 0 fully saturated rings. The molecule has 0 atom stereocenters. The molecule has 0 aliphatic rings. The lowest BCUT2D eigenvalue weighted by molar-refractivity contribution is -0.384. The first-order chi connectivity index (χ1) is 44.7. The van der Waals surface area contributed by atoms with E-state index in [4.69, 9.17) is 4.74 Å². The molecule has 8 nitrogen and oxygen atoms in total. The van der Waals surface area contributed by atoms with Gasteiger partial charge in [-0.05, 0) is 164 Å². The smallest absolute Gasteiger partial charge is 0.269 e. The van der Waals surface area contributed by atoms with Crippen molar-refractivity contribution in [1.29, 1.82) is 0 Å². The molecule has 0 aromatic heterocycles. The van der Waals surface area contributed by atoms with Crippen molar-refractivity contribution in [2.45, 2.75) is 0 Å². The minimum Gasteiger partial charge on any atom is -0.497 e. The van der Waals surface area contributed by atoms with Crippen molar-refractivity contribution in [1.82, 2.24) is 0 Å². The van der Waals surface area contributed by atoms with Crippen molar-refractivity contribution in [3.63, 3.8) is 0 Å². The van der Waals surface area contributed by atoms with Gasteiger partial charge in [0.25, 0.3) is 5.69 Å². The summed E-state index contributed by atoms with van der Waals surface area (Å²) < 4.78 is 5.42. The minimum atomic E-state index is -0.382. The monoisotopic (exact) mass is 1180 g/mol. The summed E-state index contributed by atoms with van der Waals surface area (Å²) in [5.41, 5.74) is 20.2. The minimum absolute atomic E-state index is 0.0826. The zero-order valence-electron chi connectivity index (χ0n) is 50.8. The Balaban J connectivity index is 0.000000167. The average molecular weight is 1180 g/mol. The van der Waals surface area contributed by atoms with E-state index in [2.05, 4.69) is 313 Å². The first-order valence-electron chi connectivity index (χ1n) is 30.4. The Hall–Kier alpha value is -12.0. The summed E-state index contributed by atoms with van der Waals surface area (Å²) in [5.74, 6) is 0.848. The van der Waals surface area contributed by atoms with Crippen molar-refractivity contribution in [2.24, 2.45) is 0 Å². The standard InChI is InChI=1S/C42H34N2O.C41H31N3O2/c1-43(39-14-9-15-40(30-39)45-2)36-24-18-33(19-25-36)34-22-28-38(29-23-34)44(42-17-8-13-35-12-6-7-16-41(35)42)37-26-20-32(21-27-37)31-10-4-3-5-11-31;1-42(36-26-28-39(29-27-36)44(45)46)35-20-14-32(15-21-35)33-18-24-38(25-19-33)43(41-13-7-11-34-10-5-6-12-40(34)41)37-22-16-31(17-23-37)30-8-3-2-4-9-30/h3-30H,1-2H3;2-29H,1H3. The van der Waals surface area contributed by atoms with Gasteiger partial charge in [-0.25, -0.2) is 0 Å². The second kappa shape index (κ2) is 26.5. The van der Waals surface area contributed by atoms with E-state index in [9.17, 15) is 10.1 Å². The fraction of sp³-hybridized carbons (Fsp3) is 0.0361. The van der Waals surface area contributed by atoms with Crippen LogP contribution in [0.25, 0.3) is 66.1 Å². The summed E-state index contributed by atoms with van der Waals surface area (Å²) >= 11 is 0. The number of methoxy groups -OCH3 is 1. The number of nitrogens with zero attached hydrogens (tertiary/aromatic N) is 5. The van der Waals surface area contributed by atoms with Crippen LogP contribution in [0.3, 0.4) is 0 Å². The van der Waals surface area contributed by atoms with Gasteiger partial charge in [0.15, 0.2) is 0 Å². The summed E-state index contributed by atoms with van der Waals surface area (Å²) in [7, 11) is 5.73. The number of anilines is 10. The summed E-state index contributed by atoms with van der Waals surface area (Å²) in [4.78, 5) is 19.5. The van der Waals surface area contributed by atoms with E-state index in [0.29, 0.717) is 0 Å². The number of hydrogen-bond donors (Lipinski definition) is 0. The van der Waals surface area contributed by atoms with Gasteiger partial charge in [0.05, 0.1) is 23.4 Å². The van der Waals surface area contributed by atoms with Crippen molar-refractivity contribution in [3.05, 3.63) is 350 Å². The van der Waals surface area contributed by atoms with Crippen molar-refractivity contribution in [3.8, 4) is 50.3 Å². The number of nitro groups is 1. The van der Waals surface area contributed by atoms with E-state index in [-0.39, 0.29) is 10.6 Å². The molecule has 0 unspecified atom stereocenters. The number of nitro benzene ring substituents is 1. The molecule has 0 saturated heterocycles. The molecule has 14 aromatic rings. The summed E-state index contributed by atoms with van der Waals surface area (Å²) in [6, 6.07) is 118. The van der Waals surface area contributed by atoms with Crippen molar-refractivity contribution >= 4 is 84.1 Å². The van der Waals surface area contributed by atoms with E-state index in [0.717, 1.165) is 73.8 Å². The van der Waals surface area contributed by atoms with Crippen molar-refractivity contribution in [2.75, 3.05) is 40.8 Å². The molecular formula is C83H65N5O3. The maximum Gasteiger partial charge on any atom is 0.269 e. The van der Waals surface area contributed by atoms with Crippen LogP contribution in [-0.2, 0) is 0 Å². The van der Waals surface area contributed by atoms with Crippen LogP contribution in [0.1, 0.15) is 0 Å². The predicted octanol–water partition coefficient (Wildman–Crippen LogP) is 22.7. The van der Waals surface area contributed by atoms with Gasteiger partial charge in [-0.2, -0.15) is 0 Å². The highest BCUT2D eigenvalue weighted by Crippen LogP contribution is 2.43. The summed E-state index contributed by atoms with van der Waals surface area (Å²) in [6.45, 7) is 0. The maximum absolute atomic E-state index is 11.0. The number of non-ortho nitro benzene ring substituents is 1. The second-order valence-corrected chi connectivity index (χ2v) is 22.3. The molecule has 0 N–H and O–H groups in total. The van der Waals surface area contributed by atoms with E-state index >= 15 is 0 Å². The molecule has 91 heavy (non-hydrogen) atoms. The van der Waals surface area contributed by atoms with Crippen LogP contribution in [-0.4, -0.2) is 26.1 Å². The zero-order valence-corrected chi connectivity index (χ0v) is 50.8. The van der Waals surface area contributed by atoms with Gasteiger partial charge >= 0.3 is 0 Å². The van der Waals surface area contributed by atoms with Gasteiger partial charge < -0.3 is 24.3 Å². The van der Waals surface area contributed by atoms with Crippen LogP contribution >= 0.6 is 0 Å². The molecule has 0 amide bonds. The predicted molar refractivity (Wildman–Crippen MR) is 381 cm³/mol. The molecule has 8 heteroatoms. The molecule has 0 bridgehead atoms. The van der Waals surface area contributed by atoms with E-state index in [1.54, 1.807) is 19.2 Å². The van der Waals surface area contributed by atoms with E-state index in [1.807, 2.05) is 36.2 Å². The van der Waals surface area contributed by atoms with Crippen LogP contribution in [0, 0.1) is 10.1 Å². The molecular weight excluding hydrogens is 1110 g/mol. The Kier molecular flexibility index (Phi) is 16.9. The number of fused-ring (bicyclic) bond motifs is 2. The zero-order chi connectivity index (χ0) is 62.0. The third-order valence-corrected chi connectivity index (χ3v) is 16.8. The number of benzene rings is 14. The molecule has 14 aromatic carbocycles. The molecule has 0 heterocycles. The fourth-order valence-corrected chi connectivity index (χ4v) is 11.8. The fourth-order valence-electron chi connectivity index (χ4n) is 11.8. The van der Waals surface area contributed by atoms with Gasteiger partial charge in [0, 0.05) is 88.6 Å². The molecule has 0 aliphatic carbocycles. The average Bonchev–Trinajstić information content (AvgIpc) is 2.19. The van der Waals surface area contributed by atoms with Crippen LogP contribution in [0.5, 0.6) is 5.75 Å². The molecule has 0 aliphatic heterocycles. The topological polar surface area (TPSA) is 65.3 Å². The molecule has 440 valence electrons. The van der Waals surface area contributed by atoms with Crippen LogP contribution in [0.15, 0.2) is 340 Å². The Morgan fingerprint density at radius 2 is 0.571 bits per heavy atom. The number of hydrogen-bond acceptors (Lipinski definition) is 7. The Morgan fingerprint density at radius 1 is 0.286 bits per heavy atom. The van der Waals surface area contributed by atoms with Gasteiger partial charge in [-0.15, -0.1) is 0 Å². The van der Waals surface area contributed by atoms with Crippen molar-refractivity contribution < 1.29 is 9.66 Å². The molecule has 0 radical (unpaired) electrons. The first kappa shape index (κ1) is 58.0. The van der Waals surface area contributed by atoms with E-state index < -0.39 is 0 Å². The summed E-state index contributed by atoms with van der Waals surface area (Å²) in [5, 5.41) is 15.8. The Morgan fingerprint density at radius 3 is 0.923 bits per heavy atom. The van der Waals surface area contributed by atoms with Gasteiger partial charge in [-0.1, -0.05) is 212 Å². The van der Waals surface area contributed by atoms with Gasteiger partial charge in [0.2, 0.25) is 0 Å². The molecule has 14 rings (SSSR count). The third-order valence-electron chi connectivity index (χ3n) is 16.8. The van der Waals surface area contributed by atoms with E-state index in [1.165, 1.54) is 67.1 Å². The molecule has 0 saturated carbocycles. The maximum atomic E-state index is 11.0. The van der Waals surface area contributed by atoms with Gasteiger partial charge in [-0.3, -0.25) is 10.1 Å². The largest absolute Gasteiger partial charge is 0.497 e. The lowest BCUT2D eigenvalue weighted by Gasteiger charge is -2.27. The lowest BCUT2D eigenvalue weighted by Crippen LogP contribution is -2.10. The normalized spacial score (nSPS) is 10.9. The SMILES string of the molecule is CN(c1ccc(-c2ccc(N(c3ccc(-c4ccccc4)cc3)c3cccc4ccccc34)cc2)cc1)c1ccc([N+](=O)[O-])cc1.COc1cccc(N(C)c2ccc(-c3ccc(N(c4ccc(-c5ccccc5)cc4)c4cccc5ccccc45)cc3)cc2)c1. The highest BCUT2D eigenvalue weighted by molar-refractivity contribution is 6.00. The van der Waals surface area contributed by atoms with Crippen LogP contribution in [0.2, 0.25) is 0 Å². The van der Waals surface area contributed by atoms with Crippen LogP contribution < -0.4 is 24.3 Å². The third kappa shape index (κ3) is 12.7. The molecule has 0 spiro atoms. The van der Waals surface area contributed by atoms with Gasteiger partial charge in [0.1, 0.15) is 5.75 Å². The number of rotatable bonds is 16. The summed E-state index contributed by atoms with van der Waals surface area (Å²) in [6.07, 6.45) is 0. The van der Waals surface area contributed by atoms with Crippen LogP contribution in [0.4, 0.5) is 62.6 Å². The first-order valence-corrected chi connectivity index (χ1v) is 30.4. The Bertz CT molecular complexity index is 4750. The second-order valence-electron chi connectivity index (χ2n) is 22.3.